The van der Waals surface area contributed by atoms with Crippen molar-refractivity contribution in [3.8, 4) is 0 Å². The number of carboxylic acids is 1. The van der Waals surface area contributed by atoms with Gasteiger partial charge in [-0.25, -0.2) is 9.59 Å². The van der Waals surface area contributed by atoms with Gasteiger partial charge in [0.25, 0.3) is 0 Å². The Kier molecular flexibility index (Phi) is 5.60. The molecule has 1 aliphatic heterocycles. The van der Waals surface area contributed by atoms with E-state index in [0.29, 0.717) is 24.9 Å². The minimum atomic E-state index is -1.25. The molecule has 1 rings (SSSR count). The van der Waals surface area contributed by atoms with Crippen molar-refractivity contribution in [2.75, 3.05) is 13.1 Å². The fraction of sp³-hybridized carbons (Fsp3) is 0.846. The van der Waals surface area contributed by atoms with Crippen molar-refractivity contribution in [2.24, 2.45) is 11.8 Å². The third-order valence-electron chi connectivity index (χ3n) is 3.80. The molecular weight excluding hydrogens is 248 g/mol. The van der Waals surface area contributed by atoms with Gasteiger partial charge in [0, 0.05) is 13.1 Å². The minimum Gasteiger partial charge on any atom is -0.480 e. The van der Waals surface area contributed by atoms with Gasteiger partial charge in [0.1, 0.15) is 0 Å². The number of nitrogens with one attached hydrogen (secondary N) is 1. The summed E-state index contributed by atoms with van der Waals surface area (Å²) in [6.07, 6.45) is 0.768. The van der Waals surface area contributed by atoms with E-state index in [-0.39, 0.29) is 0 Å². The number of aliphatic hydroxyl groups excluding tert-OH is 1. The third kappa shape index (κ3) is 4.38. The summed E-state index contributed by atoms with van der Waals surface area (Å²) in [5.74, 6) is 0.00551. The lowest BCUT2D eigenvalue weighted by Gasteiger charge is -2.34. The van der Waals surface area contributed by atoms with Crippen molar-refractivity contribution in [1.29, 1.82) is 0 Å². The van der Waals surface area contributed by atoms with Gasteiger partial charge in [-0.1, -0.05) is 13.8 Å². The first kappa shape index (κ1) is 15.8. The zero-order valence-electron chi connectivity index (χ0n) is 11.8. The van der Waals surface area contributed by atoms with Crippen LogP contribution in [-0.4, -0.2) is 52.3 Å². The Morgan fingerprint density at radius 1 is 1.21 bits per heavy atom. The maximum absolute atomic E-state index is 11.9. The predicted octanol–water partition coefficient (Wildman–Crippen LogP) is 0.898. The summed E-state index contributed by atoms with van der Waals surface area (Å²) in [4.78, 5) is 24.5. The predicted molar refractivity (Wildman–Crippen MR) is 70.8 cm³/mol. The molecule has 2 atom stereocenters. The molecule has 3 N–H and O–H groups in total. The first-order valence-corrected chi connectivity index (χ1v) is 6.79. The molecule has 0 spiro atoms. The second-order valence-electron chi connectivity index (χ2n) is 5.57. The number of aliphatic carboxylic acids is 1. The molecule has 1 fully saturated rings. The quantitative estimate of drug-likeness (QED) is 0.709. The molecule has 19 heavy (non-hydrogen) atoms. The summed E-state index contributed by atoms with van der Waals surface area (Å²) in [6.45, 7) is 6.98. The van der Waals surface area contributed by atoms with E-state index in [9.17, 15) is 14.7 Å². The van der Waals surface area contributed by atoms with E-state index in [2.05, 4.69) is 19.2 Å². The topological polar surface area (TPSA) is 89.9 Å². The molecule has 0 aromatic carbocycles. The van der Waals surface area contributed by atoms with Gasteiger partial charge in [-0.2, -0.15) is 0 Å². The number of carbonyl (C=O) groups is 2. The lowest BCUT2D eigenvalue weighted by Crippen LogP contribution is -2.53. The number of hydrogen-bond acceptors (Lipinski definition) is 3. The summed E-state index contributed by atoms with van der Waals surface area (Å²) in [6, 6.07) is -1.66. The van der Waals surface area contributed by atoms with Crippen LogP contribution in [0.1, 0.15) is 33.6 Å². The summed E-state index contributed by atoms with van der Waals surface area (Å²) in [7, 11) is 0. The van der Waals surface area contributed by atoms with Crippen LogP contribution in [0.25, 0.3) is 0 Å². The third-order valence-corrected chi connectivity index (χ3v) is 3.80. The van der Waals surface area contributed by atoms with Crippen molar-refractivity contribution < 1.29 is 19.8 Å². The zero-order valence-corrected chi connectivity index (χ0v) is 11.8. The number of aliphatic hydroxyl groups is 1. The van der Waals surface area contributed by atoms with E-state index in [4.69, 9.17) is 5.11 Å². The van der Waals surface area contributed by atoms with Crippen LogP contribution < -0.4 is 5.32 Å². The van der Waals surface area contributed by atoms with Crippen LogP contribution in [0.15, 0.2) is 0 Å². The zero-order chi connectivity index (χ0) is 14.6. The van der Waals surface area contributed by atoms with E-state index in [0.717, 1.165) is 12.8 Å². The molecule has 6 nitrogen and oxygen atoms in total. The second-order valence-corrected chi connectivity index (χ2v) is 5.57. The molecule has 1 aliphatic rings. The molecule has 0 unspecified atom stereocenters. The highest BCUT2D eigenvalue weighted by Gasteiger charge is 2.29. The highest BCUT2D eigenvalue weighted by atomic mass is 16.4. The van der Waals surface area contributed by atoms with Crippen LogP contribution in [-0.2, 0) is 4.79 Å². The molecule has 1 heterocycles. The molecule has 0 aromatic heterocycles. The smallest absolute Gasteiger partial charge is 0.328 e. The number of carboxylic acid groups (broad SMARTS) is 1. The maximum atomic E-state index is 11.9. The fourth-order valence-electron chi connectivity index (χ4n) is 2.38. The van der Waals surface area contributed by atoms with Gasteiger partial charge in [0.15, 0.2) is 6.04 Å². The number of likely N-dealkylation sites (tertiary alicyclic amines) is 1. The van der Waals surface area contributed by atoms with Crippen molar-refractivity contribution in [3.05, 3.63) is 0 Å². The SMILES string of the molecule is CC(C)C1CCN(C(=O)N[C@H](C(=O)O)[C@@H](C)O)CC1. The van der Waals surface area contributed by atoms with E-state index in [1.165, 1.54) is 6.92 Å². The second kappa shape index (κ2) is 6.75. The van der Waals surface area contributed by atoms with Crippen molar-refractivity contribution in [2.45, 2.75) is 45.8 Å². The van der Waals surface area contributed by atoms with E-state index < -0.39 is 24.1 Å². The largest absolute Gasteiger partial charge is 0.480 e. The van der Waals surface area contributed by atoms with Gasteiger partial charge in [-0.15, -0.1) is 0 Å². The Balaban J connectivity index is 2.49. The maximum Gasteiger partial charge on any atom is 0.328 e. The van der Waals surface area contributed by atoms with Crippen molar-refractivity contribution >= 4 is 12.0 Å². The number of rotatable bonds is 4. The number of hydrogen-bond donors (Lipinski definition) is 3. The Morgan fingerprint density at radius 2 is 1.74 bits per heavy atom. The number of nitrogens with zero attached hydrogens (tertiary/aromatic N) is 1. The number of piperidine rings is 1. The lowest BCUT2D eigenvalue weighted by molar-refractivity contribution is -0.141. The van der Waals surface area contributed by atoms with Crippen LogP contribution in [0.3, 0.4) is 0 Å². The molecule has 110 valence electrons. The van der Waals surface area contributed by atoms with Gasteiger partial charge in [0.2, 0.25) is 0 Å². The average Bonchev–Trinajstić information content (AvgIpc) is 2.34. The van der Waals surface area contributed by atoms with Crippen LogP contribution in [0, 0.1) is 11.8 Å². The Hall–Kier alpha value is -1.30. The van der Waals surface area contributed by atoms with Crippen LogP contribution in [0.4, 0.5) is 4.79 Å². The van der Waals surface area contributed by atoms with E-state index >= 15 is 0 Å². The first-order chi connectivity index (χ1) is 8.82. The van der Waals surface area contributed by atoms with Gasteiger partial charge in [-0.05, 0) is 31.6 Å². The minimum absolute atomic E-state index is 0.407. The summed E-state index contributed by atoms with van der Waals surface area (Å²) in [5.41, 5.74) is 0. The highest BCUT2D eigenvalue weighted by molar-refractivity contribution is 5.83. The molecule has 1 saturated heterocycles. The number of amides is 2. The number of carbonyl (C=O) groups excluding carboxylic acids is 1. The van der Waals surface area contributed by atoms with Crippen LogP contribution >= 0.6 is 0 Å². The Morgan fingerprint density at radius 3 is 2.11 bits per heavy atom. The van der Waals surface area contributed by atoms with E-state index in [1.54, 1.807) is 4.90 Å². The van der Waals surface area contributed by atoms with Crippen molar-refractivity contribution in [1.82, 2.24) is 10.2 Å². The Bertz CT molecular complexity index is 323. The normalized spacial score (nSPS) is 20.2. The summed E-state index contributed by atoms with van der Waals surface area (Å²) < 4.78 is 0. The average molecular weight is 272 g/mol. The molecule has 0 saturated carbocycles. The van der Waals surface area contributed by atoms with E-state index in [1.807, 2.05) is 0 Å². The first-order valence-electron chi connectivity index (χ1n) is 6.79. The van der Waals surface area contributed by atoms with Crippen LogP contribution in [0.2, 0.25) is 0 Å². The summed E-state index contributed by atoms with van der Waals surface area (Å²) in [5, 5.41) is 20.6. The van der Waals surface area contributed by atoms with Gasteiger partial charge in [-0.3, -0.25) is 0 Å². The lowest BCUT2D eigenvalue weighted by atomic mass is 9.87. The van der Waals surface area contributed by atoms with Gasteiger partial charge in [0.05, 0.1) is 6.10 Å². The standard InChI is InChI=1S/C13H24N2O4/c1-8(2)10-4-6-15(7-5-10)13(19)14-11(9(3)16)12(17)18/h8-11,16H,4-7H2,1-3H3,(H,14,19)(H,17,18)/t9-,11+/m1/s1. The molecule has 6 heteroatoms. The fourth-order valence-corrected chi connectivity index (χ4v) is 2.38. The number of urea groups is 1. The molecule has 0 radical (unpaired) electrons. The van der Waals surface area contributed by atoms with Crippen LogP contribution in [0.5, 0.6) is 0 Å². The van der Waals surface area contributed by atoms with Crippen molar-refractivity contribution in [3.63, 3.8) is 0 Å². The molecule has 0 aromatic rings. The monoisotopic (exact) mass is 272 g/mol. The molecule has 2 amide bonds. The molecule has 0 aliphatic carbocycles. The highest BCUT2D eigenvalue weighted by Crippen LogP contribution is 2.24. The molecule has 0 bridgehead atoms. The van der Waals surface area contributed by atoms with Gasteiger partial charge < -0.3 is 20.4 Å². The van der Waals surface area contributed by atoms with Gasteiger partial charge >= 0.3 is 12.0 Å². The summed E-state index contributed by atoms with van der Waals surface area (Å²) >= 11 is 0. The Labute approximate surface area is 113 Å². The molecular formula is C13H24N2O4.